The first-order valence-corrected chi connectivity index (χ1v) is 5.79. The SMILES string of the molecule is NC(=O)c1ccc(-c2ccc(Cl)c(Cl)c2)c(F)c1. The van der Waals surface area contributed by atoms with Crippen LogP contribution >= 0.6 is 23.2 Å². The monoisotopic (exact) mass is 283 g/mol. The van der Waals surface area contributed by atoms with Crippen molar-refractivity contribution >= 4 is 29.1 Å². The van der Waals surface area contributed by atoms with E-state index in [0.29, 0.717) is 21.2 Å². The summed E-state index contributed by atoms with van der Waals surface area (Å²) in [4.78, 5) is 10.9. The van der Waals surface area contributed by atoms with Gasteiger partial charge in [0.2, 0.25) is 5.91 Å². The largest absolute Gasteiger partial charge is 0.366 e. The maximum Gasteiger partial charge on any atom is 0.248 e. The molecule has 2 aromatic carbocycles. The summed E-state index contributed by atoms with van der Waals surface area (Å²) in [5.74, 6) is -1.21. The van der Waals surface area contributed by atoms with E-state index in [0.717, 1.165) is 6.07 Å². The number of rotatable bonds is 2. The summed E-state index contributed by atoms with van der Waals surface area (Å²) >= 11 is 11.7. The van der Waals surface area contributed by atoms with Gasteiger partial charge in [-0.3, -0.25) is 4.79 Å². The Hall–Kier alpha value is -1.58. The summed E-state index contributed by atoms with van der Waals surface area (Å²) < 4.78 is 13.8. The van der Waals surface area contributed by atoms with Gasteiger partial charge in [-0.2, -0.15) is 0 Å². The van der Waals surface area contributed by atoms with E-state index >= 15 is 0 Å². The van der Waals surface area contributed by atoms with Gasteiger partial charge in [-0.15, -0.1) is 0 Å². The number of hydrogen-bond donors (Lipinski definition) is 1. The van der Waals surface area contributed by atoms with Crippen LogP contribution in [-0.2, 0) is 0 Å². The van der Waals surface area contributed by atoms with Gasteiger partial charge in [0, 0.05) is 11.1 Å². The first-order valence-electron chi connectivity index (χ1n) is 5.04. The van der Waals surface area contributed by atoms with Crippen molar-refractivity contribution in [3.63, 3.8) is 0 Å². The molecule has 18 heavy (non-hydrogen) atoms. The van der Waals surface area contributed by atoms with Crippen molar-refractivity contribution in [2.75, 3.05) is 0 Å². The van der Waals surface area contributed by atoms with E-state index in [4.69, 9.17) is 28.9 Å². The zero-order valence-corrected chi connectivity index (χ0v) is 10.6. The zero-order chi connectivity index (χ0) is 13.3. The first kappa shape index (κ1) is 12.9. The molecule has 2 aromatic rings. The first-order chi connectivity index (χ1) is 8.49. The molecule has 0 radical (unpaired) electrons. The molecule has 0 unspecified atom stereocenters. The number of nitrogens with two attached hydrogens (primary N) is 1. The number of carbonyl (C=O) groups is 1. The maximum atomic E-state index is 13.8. The average molecular weight is 284 g/mol. The number of halogens is 3. The lowest BCUT2D eigenvalue weighted by Crippen LogP contribution is -2.11. The van der Waals surface area contributed by atoms with Crippen molar-refractivity contribution in [1.82, 2.24) is 0 Å². The molecule has 2 rings (SSSR count). The number of primary amides is 1. The highest BCUT2D eigenvalue weighted by Crippen LogP contribution is 2.30. The van der Waals surface area contributed by atoms with E-state index in [2.05, 4.69) is 0 Å². The Morgan fingerprint density at radius 2 is 1.78 bits per heavy atom. The highest BCUT2D eigenvalue weighted by Gasteiger charge is 2.10. The molecular formula is C13H8Cl2FNO. The second-order valence-corrected chi connectivity index (χ2v) is 4.50. The third-order valence-electron chi connectivity index (χ3n) is 2.48. The lowest BCUT2D eigenvalue weighted by Gasteiger charge is -2.06. The molecule has 0 aliphatic carbocycles. The lowest BCUT2D eigenvalue weighted by atomic mass is 10.0. The minimum Gasteiger partial charge on any atom is -0.366 e. The molecule has 0 atom stereocenters. The van der Waals surface area contributed by atoms with E-state index in [-0.39, 0.29) is 5.56 Å². The van der Waals surface area contributed by atoms with Crippen molar-refractivity contribution in [2.45, 2.75) is 0 Å². The third-order valence-corrected chi connectivity index (χ3v) is 3.22. The summed E-state index contributed by atoms with van der Waals surface area (Å²) in [5.41, 5.74) is 6.11. The van der Waals surface area contributed by atoms with Crippen LogP contribution in [0.4, 0.5) is 4.39 Å². The maximum absolute atomic E-state index is 13.8. The molecule has 0 heterocycles. The molecule has 2 nitrogen and oxygen atoms in total. The van der Waals surface area contributed by atoms with Crippen LogP contribution < -0.4 is 5.73 Å². The number of hydrogen-bond acceptors (Lipinski definition) is 1. The summed E-state index contributed by atoms with van der Waals surface area (Å²) in [6, 6.07) is 8.84. The van der Waals surface area contributed by atoms with Gasteiger partial charge in [0.25, 0.3) is 0 Å². The summed E-state index contributed by atoms with van der Waals surface area (Å²) in [7, 11) is 0. The molecule has 0 spiro atoms. The lowest BCUT2D eigenvalue weighted by molar-refractivity contribution is 0.1000. The van der Waals surface area contributed by atoms with E-state index < -0.39 is 11.7 Å². The Kier molecular flexibility index (Phi) is 3.55. The molecule has 0 aliphatic rings. The van der Waals surface area contributed by atoms with Crippen LogP contribution in [0.5, 0.6) is 0 Å². The Morgan fingerprint density at radius 3 is 2.33 bits per heavy atom. The zero-order valence-electron chi connectivity index (χ0n) is 9.08. The standard InChI is InChI=1S/C13H8Cl2FNO/c14-10-4-2-7(5-11(10)15)9-3-1-8(13(17)18)6-12(9)16/h1-6H,(H2,17,18). The summed E-state index contributed by atoms with van der Waals surface area (Å²) in [5, 5.41) is 0.738. The Bertz CT molecular complexity index is 628. The number of amides is 1. The number of benzene rings is 2. The van der Waals surface area contributed by atoms with E-state index in [1.54, 1.807) is 18.2 Å². The van der Waals surface area contributed by atoms with Gasteiger partial charge in [-0.05, 0) is 29.8 Å². The van der Waals surface area contributed by atoms with E-state index in [1.165, 1.54) is 12.1 Å². The van der Waals surface area contributed by atoms with Crippen LogP contribution in [0.3, 0.4) is 0 Å². The second kappa shape index (κ2) is 4.96. The van der Waals surface area contributed by atoms with Gasteiger partial charge in [-0.1, -0.05) is 35.3 Å². The topological polar surface area (TPSA) is 43.1 Å². The van der Waals surface area contributed by atoms with Crippen molar-refractivity contribution < 1.29 is 9.18 Å². The predicted octanol–water partition coefficient (Wildman–Crippen LogP) is 3.90. The Morgan fingerprint density at radius 1 is 1.06 bits per heavy atom. The fourth-order valence-corrected chi connectivity index (χ4v) is 1.86. The summed E-state index contributed by atoms with van der Waals surface area (Å²) in [6.07, 6.45) is 0. The molecule has 0 fully saturated rings. The molecule has 0 aliphatic heterocycles. The van der Waals surface area contributed by atoms with Gasteiger partial charge in [0.05, 0.1) is 10.0 Å². The fourth-order valence-electron chi connectivity index (χ4n) is 1.57. The molecular weight excluding hydrogens is 276 g/mol. The Labute approximate surface area is 113 Å². The highest BCUT2D eigenvalue weighted by atomic mass is 35.5. The molecule has 0 bridgehead atoms. The van der Waals surface area contributed by atoms with Gasteiger partial charge in [0.1, 0.15) is 5.82 Å². The minimum atomic E-state index is -0.672. The van der Waals surface area contributed by atoms with Gasteiger partial charge < -0.3 is 5.73 Å². The number of carbonyl (C=O) groups excluding carboxylic acids is 1. The van der Waals surface area contributed by atoms with Crippen molar-refractivity contribution in [3.05, 3.63) is 57.8 Å². The van der Waals surface area contributed by atoms with Crippen LogP contribution in [0.25, 0.3) is 11.1 Å². The van der Waals surface area contributed by atoms with Crippen LogP contribution in [0.2, 0.25) is 10.0 Å². The van der Waals surface area contributed by atoms with Crippen LogP contribution in [-0.4, -0.2) is 5.91 Å². The van der Waals surface area contributed by atoms with Gasteiger partial charge in [0.15, 0.2) is 0 Å². The quantitative estimate of drug-likeness (QED) is 0.893. The van der Waals surface area contributed by atoms with Crippen LogP contribution in [0.15, 0.2) is 36.4 Å². The Balaban J connectivity index is 2.51. The van der Waals surface area contributed by atoms with E-state index in [9.17, 15) is 9.18 Å². The minimum absolute atomic E-state index is 0.122. The third kappa shape index (κ3) is 2.47. The normalized spacial score (nSPS) is 10.4. The van der Waals surface area contributed by atoms with Crippen molar-refractivity contribution in [2.24, 2.45) is 5.73 Å². The molecule has 5 heteroatoms. The molecule has 0 aromatic heterocycles. The van der Waals surface area contributed by atoms with Crippen molar-refractivity contribution in [3.8, 4) is 11.1 Å². The molecule has 0 saturated carbocycles. The fraction of sp³-hybridized carbons (Fsp3) is 0. The molecule has 1 amide bonds. The molecule has 2 N–H and O–H groups in total. The second-order valence-electron chi connectivity index (χ2n) is 3.69. The van der Waals surface area contributed by atoms with Crippen LogP contribution in [0.1, 0.15) is 10.4 Å². The summed E-state index contributed by atoms with van der Waals surface area (Å²) in [6.45, 7) is 0. The highest BCUT2D eigenvalue weighted by molar-refractivity contribution is 6.42. The van der Waals surface area contributed by atoms with Gasteiger partial charge in [-0.25, -0.2) is 4.39 Å². The van der Waals surface area contributed by atoms with Gasteiger partial charge >= 0.3 is 0 Å². The molecule has 0 saturated heterocycles. The smallest absolute Gasteiger partial charge is 0.248 e. The molecule has 92 valence electrons. The predicted molar refractivity (Wildman–Crippen MR) is 70.4 cm³/mol. The van der Waals surface area contributed by atoms with Crippen molar-refractivity contribution in [1.29, 1.82) is 0 Å². The average Bonchev–Trinajstić information content (AvgIpc) is 2.32. The van der Waals surface area contributed by atoms with E-state index in [1.807, 2.05) is 0 Å². The van der Waals surface area contributed by atoms with Crippen LogP contribution in [0, 0.1) is 5.82 Å².